The van der Waals surface area contributed by atoms with Crippen LogP contribution in [0.25, 0.3) is 11.3 Å². The number of anilines is 1. The van der Waals surface area contributed by atoms with E-state index in [-0.39, 0.29) is 17.1 Å². The average Bonchev–Trinajstić information content (AvgIpc) is 3.30. The molecule has 35 heavy (non-hydrogen) atoms. The SMILES string of the molecule is CC[C@H](Sc1nnc2c(=O)n(-c3ccccc3OC)ccn12)C(=O)Nc1cc(OC)cc(OC)c1. The van der Waals surface area contributed by atoms with Crippen molar-refractivity contribution in [1.29, 1.82) is 0 Å². The summed E-state index contributed by atoms with van der Waals surface area (Å²) in [4.78, 5) is 26.2. The van der Waals surface area contributed by atoms with Gasteiger partial charge in [-0.1, -0.05) is 30.8 Å². The van der Waals surface area contributed by atoms with Crippen molar-refractivity contribution in [3.05, 3.63) is 65.2 Å². The first kappa shape index (κ1) is 24.1. The Morgan fingerprint density at radius 1 is 1.03 bits per heavy atom. The van der Waals surface area contributed by atoms with E-state index in [0.717, 1.165) is 0 Å². The van der Waals surface area contributed by atoms with E-state index in [1.165, 1.54) is 16.3 Å². The first-order valence-electron chi connectivity index (χ1n) is 10.8. The molecule has 0 aliphatic heterocycles. The number of para-hydroxylation sites is 2. The number of benzene rings is 2. The molecule has 4 aromatic rings. The van der Waals surface area contributed by atoms with Gasteiger partial charge in [0.1, 0.15) is 17.2 Å². The maximum atomic E-state index is 13.1. The monoisotopic (exact) mass is 495 g/mol. The number of hydrogen-bond acceptors (Lipinski definition) is 8. The van der Waals surface area contributed by atoms with E-state index in [4.69, 9.17) is 14.2 Å². The third kappa shape index (κ3) is 4.94. The second kappa shape index (κ2) is 10.5. The topological polar surface area (TPSA) is 109 Å². The van der Waals surface area contributed by atoms with Crippen molar-refractivity contribution < 1.29 is 19.0 Å². The fourth-order valence-corrected chi connectivity index (χ4v) is 4.45. The van der Waals surface area contributed by atoms with Crippen LogP contribution in [-0.2, 0) is 4.79 Å². The standard InChI is InChI=1S/C24H25N5O5S/c1-5-20(22(30)25-15-12-16(32-2)14-17(13-15)33-3)35-24-27-26-21-23(31)28(10-11-29(21)24)18-8-6-7-9-19(18)34-4/h6-14,20H,5H2,1-4H3,(H,25,30)/t20-/m0/s1. The minimum absolute atomic E-state index is 0.147. The van der Waals surface area contributed by atoms with Crippen molar-refractivity contribution >= 4 is 29.0 Å². The molecule has 2 aromatic heterocycles. The van der Waals surface area contributed by atoms with Crippen LogP contribution < -0.4 is 25.1 Å². The van der Waals surface area contributed by atoms with E-state index in [9.17, 15) is 9.59 Å². The fraction of sp³-hybridized carbons (Fsp3) is 0.250. The van der Waals surface area contributed by atoms with Gasteiger partial charge in [0.15, 0.2) is 5.16 Å². The second-order valence-corrected chi connectivity index (χ2v) is 8.60. The Kier molecular flexibility index (Phi) is 7.25. The van der Waals surface area contributed by atoms with Crippen LogP contribution in [0.1, 0.15) is 13.3 Å². The van der Waals surface area contributed by atoms with Crippen LogP contribution in [-0.4, -0.2) is 51.7 Å². The summed E-state index contributed by atoms with van der Waals surface area (Å²) in [5, 5.41) is 11.1. The van der Waals surface area contributed by atoms with E-state index in [0.29, 0.717) is 40.2 Å². The smallest absolute Gasteiger partial charge is 0.300 e. The number of amides is 1. The largest absolute Gasteiger partial charge is 0.497 e. The minimum atomic E-state index is -0.476. The van der Waals surface area contributed by atoms with Gasteiger partial charge in [0, 0.05) is 36.3 Å². The Morgan fingerprint density at radius 3 is 2.40 bits per heavy atom. The van der Waals surface area contributed by atoms with Crippen LogP contribution in [0.2, 0.25) is 0 Å². The molecule has 182 valence electrons. The Bertz CT molecular complexity index is 1390. The lowest BCUT2D eigenvalue weighted by atomic mass is 10.2. The van der Waals surface area contributed by atoms with Gasteiger partial charge in [-0.25, -0.2) is 0 Å². The van der Waals surface area contributed by atoms with Crippen molar-refractivity contribution in [3.8, 4) is 22.9 Å². The molecular weight excluding hydrogens is 470 g/mol. The number of carbonyl (C=O) groups is 1. The van der Waals surface area contributed by atoms with Gasteiger partial charge >= 0.3 is 5.56 Å². The molecule has 10 nitrogen and oxygen atoms in total. The number of aromatic nitrogens is 4. The molecule has 11 heteroatoms. The average molecular weight is 496 g/mol. The summed E-state index contributed by atoms with van der Waals surface area (Å²) in [5.41, 5.74) is 0.946. The predicted molar refractivity (Wildman–Crippen MR) is 133 cm³/mol. The summed E-state index contributed by atoms with van der Waals surface area (Å²) in [6, 6.07) is 12.4. The van der Waals surface area contributed by atoms with E-state index < -0.39 is 5.25 Å². The third-order valence-electron chi connectivity index (χ3n) is 5.31. The van der Waals surface area contributed by atoms with E-state index in [1.807, 2.05) is 19.1 Å². The van der Waals surface area contributed by atoms with Crippen molar-refractivity contribution in [2.45, 2.75) is 23.8 Å². The number of carbonyl (C=O) groups excluding carboxylic acids is 1. The van der Waals surface area contributed by atoms with Gasteiger partial charge in [0.25, 0.3) is 0 Å². The number of rotatable bonds is 9. The van der Waals surface area contributed by atoms with Crippen LogP contribution in [0.5, 0.6) is 17.2 Å². The fourth-order valence-electron chi connectivity index (χ4n) is 3.52. The quantitative estimate of drug-likeness (QED) is 0.352. The summed E-state index contributed by atoms with van der Waals surface area (Å²) in [5.74, 6) is 1.47. The van der Waals surface area contributed by atoms with Gasteiger partial charge in [0.05, 0.1) is 32.3 Å². The van der Waals surface area contributed by atoms with Crippen LogP contribution in [0, 0.1) is 0 Å². The van der Waals surface area contributed by atoms with Crippen LogP contribution >= 0.6 is 11.8 Å². The molecular formula is C24H25N5O5S. The number of fused-ring (bicyclic) bond motifs is 1. The number of nitrogens with one attached hydrogen (secondary N) is 1. The summed E-state index contributed by atoms with van der Waals surface area (Å²) in [6.07, 6.45) is 3.86. The molecule has 0 saturated carbocycles. The zero-order chi connectivity index (χ0) is 24.9. The molecule has 2 aromatic carbocycles. The van der Waals surface area contributed by atoms with E-state index >= 15 is 0 Å². The van der Waals surface area contributed by atoms with Gasteiger partial charge in [-0.05, 0) is 18.6 Å². The Labute approximate surface area is 205 Å². The molecule has 0 fully saturated rings. The summed E-state index contributed by atoms with van der Waals surface area (Å²) >= 11 is 1.23. The highest BCUT2D eigenvalue weighted by molar-refractivity contribution is 8.00. The summed E-state index contributed by atoms with van der Waals surface area (Å²) in [7, 11) is 4.64. The number of ether oxygens (including phenoxy) is 3. The lowest BCUT2D eigenvalue weighted by Crippen LogP contribution is -2.25. The van der Waals surface area contributed by atoms with Gasteiger partial charge in [-0.3, -0.25) is 18.6 Å². The lowest BCUT2D eigenvalue weighted by molar-refractivity contribution is -0.115. The zero-order valence-corrected chi connectivity index (χ0v) is 20.5. The molecule has 4 rings (SSSR count). The molecule has 1 amide bonds. The minimum Gasteiger partial charge on any atom is -0.497 e. The van der Waals surface area contributed by atoms with Crippen molar-refractivity contribution in [2.75, 3.05) is 26.6 Å². The van der Waals surface area contributed by atoms with Crippen molar-refractivity contribution in [1.82, 2.24) is 19.2 Å². The van der Waals surface area contributed by atoms with Gasteiger partial charge < -0.3 is 19.5 Å². The van der Waals surface area contributed by atoms with Crippen molar-refractivity contribution in [3.63, 3.8) is 0 Å². The van der Waals surface area contributed by atoms with Crippen LogP contribution in [0.4, 0.5) is 5.69 Å². The molecule has 0 spiro atoms. The van der Waals surface area contributed by atoms with Gasteiger partial charge in [-0.2, -0.15) is 0 Å². The Balaban J connectivity index is 1.59. The molecule has 0 aliphatic rings. The third-order valence-corrected chi connectivity index (χ3v) is 6.64. The number of thioether (sulfide) groups is 1. The zero-order valence-electron chi connectivity index (χ0n) is 19.7. The summed E-state index contributed by atoms with van der Waals surface area (Å²) < 4.78 is 19.0. The highest BCUT2D eigenvalue weighted by atomic mass is 32.2. The first-order chi connectivity index (χ1) is 17.0. The normalized spacial score (nSPS) is 11.8. The number of methoxy groups -OCH3 is 3. The van der Waals surface area contributed by atoms with E-state index in [1.54, 1.807) is 68.5 Å². The Hall–Kier alpha value is -3.99. The first-order valence-corrected chi connectivity index (χ1v) is 11.7. The highest BCUT2D eigenvalue weighted by Gasteiger charge is 2.23. The van der Waals surface area contributed by atoms with Crippen molar-refractivity contribution in [2.24, 2.45) is 0 Å². The number of nitrogens with zero attached hydrogens (tertiary/aromatic N) is 4. The maximum absolute atomic E-state index is 13.1. The maximum Gasteiger partial charge on any atom is 0.300 e. The van der Waals surface area contributed by atoms with Crippen LogP contribution in [0.3, 0.4) is 0 Å². The molecule has 1 N–H and O–H groups in total. The molecule has 0 radical (unpaired) electrons. The van der Waals surface area contributed by atoms with Gasteiger partial charge in [-0.15, -0.1) is 10.2 Å². The number of hydrogen-bond donors (Lipinski definition) is 1. The molecule has 2 heterocycles. The molecule has 0 saturated heterocycles. The molecule has 1 atom stereocenters. The molecule has 0 aliphatic carbocycles. The van der Waals surface area contributed by atoms with E-state index in [2.05, 4.69) is 15.5 Å². The molecule has 0 unspecified atom stereocenters. The summed E-state index contributed by atoms with van der Waals surface area (Å²) in [6.45, 7) is 1.90. The van der Waals surface area contributed by atoms with Crippen LogP contribution in [0.15, 0.2) is 64.8 Å². The predicted octanol–water partition coefficient (Wildman–Crippen LogP) is 3.42. The van der Waals surface area contributed by atoms with Gasteiger partial charge in [0.2, 0.25) is 11.6 Å². The highest BCUT2D eigenvalue weighted by Crippen LogP contribution is 2.29. The molecule has 0 bridgehead atoms. The second-order valence-electron chi connectivity index (χ2n) is 7.43. The Morgan fingerprint density at radius 2 is 1.74 bits per heavy atom. The lowest BCUT2D eigenvalue weighted by Gasteiger charge is -2.15.